The predicted molar refractivity (Wildman–Crippen MR) is 168 cm³/mol. The highest BCUT2D eigenvalue weighted by Gasteiger charge is 2.18. The molecule has 0 saturated heterocycles. The van der Waals surface area contributed by atoms with Crippen molar-refractivity contribution < 1.29 is 4.79 Å². The summed E-state index contributed by atoms with van der Waals surface area (Å²) in [5.41, 5.74) is 10.4. The van der Waals surface area contributed by atoms with E-state index in [0.29, 0.717) is 11.1 Å². The predicted octanol–water partition coefficient (Wildman–Crippen LogP) is 8.63. The fourth-order valence-electron chi connectivity index (χ4n) is 5.44. The molecular formula is C37H37N3O. The summed E-state index contributed by atoms with van der Waals surface area (Å²) in [6.07, 6.45) is 0. The summed E-state index contributed by atoms with van der Waals surface area (Å²) in [6.45, 7) is 13.6. The van der Waals surface area contributed by atoms with Gasteiger partial charge in [-0.25, -0.2) is 0 Å². The van der Waals surface area contributed by atoms with Gasteiger partial charge in [-0.15, -0.1) is 0 Å². The van der Waals surface area contributed by atoms with Crippen LogP contribution < -0.4 is 5.32 Å². The number of fused-ring (bicyclic) bond motifs is 1. The van der Waals surface area contributed by atoms with Gasteiger partial charge in [0.05, 0.1) is 17.7 Å². The third-order valence-corrected chi connectivity index (χ3v) is 8.15. The number of aryl methyl sites for hydroxylation is 1. The number of hydrogen-bond acceptors (Lipinski definition) is 2. The SMILES string of the molecule is Cc1c(C)n(Cc2ccc(-c3ccccc3C#N)cc2)c2ccc(C(=O)NC(C)c3cccc(C(C)(C)C)c3)cc12. The molecule has 1 unspecified atom stereocenters. The van der Waals surface area contributed by atoms with Gasteiger partial charge in [-0.3, -0.25) is 4.79 Å². The lowest BCUT2D eigenvalue weighted by molar-refractivity contribution is 0.0940. The molecule has 0 aliphatic rings. The average molecular weight is 540 g/mol. The van der Waals surface area contributed by atoms with Gasteiger partial charge in [0.2, 0.25) is 0 Å². The van der Waals surface area contributed by atoms with Gasteiger partial charge >= 0.3 is 0 Å². The van der Waals surface area contributed by atoms with Crippen LogP contribution in [0.2, 0.25) is 0 Å². The summed E-state index contributed by atoms with van der Waals surface area (Å²) in [6, 6.07) is 32.8. The molecule has 4 aromatic carbocycles. The zero-order valence-electron chi connectivity index (χ0n) is 24.7. The van der Waals surface area contributed by atoms with Crippen molar-refractivity contribution in [3.63, 3.8) is 0 Å². The number of nitriles is 1. The van der Waals surface area contributed by atoms with Crippen molar-refractivity contribution in [2.24, 2.45) is 0 Å². The average Bonchev–Trinajstić information content (AvgIpc) is 3.21. The molecule has 1 aromatic heterocycles. The highest BCUT2D eigenvalue weighted by molar-refractivity contribution is 5.99. The quantitative estimate of drug-likeness (QED) is 0.235. The van der Waals surface area contributed by atoms with Crippen molar-refractivity contribution in [1.29, 1.82) is 5.26 Å². The Kier molecular flexibility index (Phi) is 7.56. The molecule has 5 rings (SSSR count). The molecule has 1 atom stereocenters. The Labute approximate surface area is 243 Å². The number of hydrogen-bond donors (Lipinski definition) is 1. The molecule has 0 bridgehead atoms. The van der Waals surface area contributed by atoms with E-state index in [2.05, 4.69) is 105 Å². The molecule has 1 N–H and O–H groups in total. The van der Waals surface area contributed by atoms with Gasteiger partial charge in [0.25, 0.3) is 5.91 Å². The fraction of sp³-hybridized carbons (Fsp3) is 0.243. The summed E-state index contributed by atoms with van der Waals surface area (Å²) in [5, 5.41) is 13.8. The van der Waals surface area contributed by atoms with E-state index in [9.17, 15) is 10.1 Å². The van der Waals surface area contributed by atoms with Crippen LogP contribution in [0.4, 0.5) is 0 Å². The lowest BCUT2D eigenvalue weighted by atomic mass is 9.85. The molecule has 5 aromatic rings. The van der Waals surface area contributed by atoms with E-state index >= 15 is 0 Å². The first-order valence-electron chi connectivity index (χ1n) is 14.2. The number of aromatic nitrogens is 1. The van der Waals surface area contributed by atoms with Crippen LogP contribution in [-0.4, -0.2) is 10.5 Å². The van der Waals surface area contributed by atoms with Gasteiger partial charge in [-0.2, -0.15) is 5.26 Å². The highest BCUT2D eigenvalue weighted by Crippen LogP contribution is 2.29. The van der Waals surface area contributed by atoms with Gasteiger partial charge in [0.15, 0.2) is 0 Å². The summed E-state index contributed by atoms with van der Waals surface area (Å²) in [7, 11) is 0. The molecule has 0 aliphatic heterocycles. The fourth-order valence-corrected chi connectivity index (χ4v) is 5.44. The van der Waals surface area contributed by atoms with Crippen LogP contribution in [0.5, 0.6) is 0 Å². The zero-order valence-corrected chi connectivity index (χ0v) is 24.7. The van der Waals surface area contributed by atoms with Crippen LogP contribution in [0.15, 0.2) is 91.0 Å². The smallest absolute Gasteiger partial charge is 0.251 e. The number of benzene rings is 4. The molecule has 4 nitrogen and oxygen atoms in total. The van der Waals surface area contributed by atoms with Gasteiger partial charge in [0, 0.05) is 28.7 Å². The van der Waals surface area contributed by atoms with Crippen molar-refractivity contribution in [1.82, 2.24) is 9.88 Å². The first kappa shape index (κ1) is 27.9. The number of carbonyl (C=O) groups is 1. The van der Waals surface area contributed by atoms with Crippen LogP contribution in [0.1, 0.15) is 77.6 Å². The van der Waals surface area contributed by atoms with Gasteiger partial charge in [-0.1, -0.05) is 87.5 Å². The number of nitrogens with one attached hydrogen (secondary N) is 1. The second-order valence-corrected chi connectivity index (χ2v) is 12.0. The molecule has 206 valence electrons. The van der Waals surface area contributed by atoms with Crippen LogP contribution in [0.3, 0.4) is 0 Å². The minimum Gasteiger partial charge on any atom is -0.346 e. The first-order chi connectivity index (χ1) is 19.6. The van der Waals surface area contributed by atoms with Crippen molar-refractivity contribution >= 4 is 16.8 Å². The summed E-state index contributed by atoms with van der Waals surface area (Å²) >= 11 is 0. The lowest BCUT2D eigenvalue weighted by Gasteiger charge is -2.22. The molecule has 1 amide bonds. The number of amides is 1. The Morgan fingerprint density at radius 1 is 0.927 bits per heavy atom. The van der Waals surface area contributed by atoms with E-state index < -0.39 is 0 Å². The van der Waals surface area contributed by atoms with Crippen LogP contribution in [0, 0.1) is 25.2 Å². The largest absolute Gasteiger partial charge is 0.346 e. The molecule has 1 heterocycles. The Hall–Kier alpha value is -4.62. The van der Waals surface area contributed by atoms with E-state index in [1.807, 2.05) is 43.3 Å². The first-order valence-corrected chi connectivity index (χ1v) is 14.2. The van der Waals surface area contributed by atoms with Gasteiger partial charge < -0.3 is 9.88 Å². The van der Waals surface area contributed by atoms with Crippen molar-refractivity contribution in [2.45, 2.75) is 59.5 Å². The van der Waals surface area contributed by atoms with E-state index in [4.69, 9.17) is 0 Å². The monoisotopic (exact) mass is 539 g/mol. The topological polar surface area (TPSA) is 57.8 Å². The second kappa shape index (κ2) is 11.1. The normalized spacial score (nSPS) is 12.2. The Morgan fingerprint density at radius 2 is 1.66 bits per heavy atom. The summed E-state index contributed by atoms with van der Waals surface area (Å²) < 4.78 is 2.31. The molecule has 0 saturated carbocycles. The van der Waals surface area contributed by atoms with Gasteiger partial charge in [0.1, 0.15) is 0 Å². The maximum absolute atomic E-state index is 13.3. The van der Waals surface area contributed by atoms with E-state index in [-0.39, 0.29) is 17.4 Å². The Balaban J connectivity index is 1.37. The molecule has 41 heavy (non-hydrogen) atoms. The van der Waals surface area contributed by atoms with E-state index in [1.165, 1.54) is 22.4 Å². The van der Waals surface area contributed by atoms with Crippen molar-refractivity contribution in [3.05, 3.63) is 130 Å². The van der Waals surface area contributed by atoms with Gasteiger partial charge in [-0.05, 0) is 83.8 Å². The third-order valence-electron chi connectivity index (χ3n) is 8.15. The summed E-state index contributed by atoms with van der Waals surface area (Å²) in [4.78, 5) is 13.3. The van der Waals surface area contributed by atoms with Crippen molar-refractivity contribution in [2.75, 3.05) is 0 Å². The zero-order chi connectivity index (χ0) is 29.3. The maximum Gasteiger partial charge on any atom is 0.251 e. The third kappa shape index (κ3) is 5.67. The maximum atomic E-state index is 13.3. The molecule has 0 spiro atoms. The molecule has 0 aliphatic carbocycles. The molecule has 0 fully saturated rings. The summed E-state index contributed by atoms with van der Waals surface area (Å²) in [5.74, 6) is -0.0707. The van der Waals surface area contributed by atoms with Crippen LogP contribution in [-0.2, 0) is 12.0 Å². The molecule has 0 radical (unpaired) electrons. The van der Waals surface area contributed by atoms with E-state index in [0.717, 1.165) is 34.1 Å². The minimum atomic E-state index is -0.101. The molecular weight excluding hydrogens is 502 g/mol. The number of nitrogens with zero attached hydrogens (tertiary/aromatic N) is 2. The van der Waals surface area contributed by atoms with Crippen LogP contribution >= 0.6 is 0 Å². The van der Waals surface area contributed by atoms with Crippen molar-refractivity contribution in [3.8, 4) is 17.2 Å². The Morgan fingerprint density at radius 3 is 2.37 bits per heavy atom. The number of carbonyl (C=O) groups excluding carboxylic acids is 1. The molecule has 4 heteroatoms. The standard InChI is InChI=1S/C37H37N3O/c1-24-26(3)40(23-27-14-16-28(17-15-27)33-13-8-7-10-31(33)22-38)35-19-18-30(21-34(24)35)36(41)39-25(2)29-11-9-12-32(20-29)37(4,5)6/h7-21,25H,23H2,1-6H3,(H,39,41). The lowest BCUT2D eigenvalue weighted by Crippen LogP contribution is -2.27. The number of rotatable bonds is 6. The minimum absolute atomic E-state index is 0.0537. The van der Waals surface area contributed by atoms with E-state index in [1.54, 1.807) is 0 Å². The Bertz CT molecular complexity index is 1780. The highest BCUT2D eigenvalue weighted by atomic mass is 16.1. The van der Waals surface area contributed by atoms with Crippen LogP contribution in [0.25, 0.3) is 22.0 Å². The second-order valence-electron chi connectivity index (χ2n) is 12.0.